The van der Waals surface area contributed by atoms with E-state index in [1.54, 1.807) is 31.0 Å². The van der Waals surface area contributed by atoms with Crippen LogP contribution in [0.1, 0.15) is 36.7 Å². The summed E-state index contributed by atoms with van der Waals surface area (Å²) < 4.78 is 19.6. The number of hydrogen-bond acceptors (Lipinski definition) is 7. The minimum atomic E-state index is -0.847. The number of rotatable bonds is 8. The number of imide groups is 1. The fourth-order valence-corrected chi connectivity index (χ4v) is 4.29. The molecule has 0 bridgehead atoms. The Bertz CT molecular complexity index is 1300. The maximum atomic E-state index is 13.5. The number of nitrogens with one attached hydrogen (secondary N) is 1. The Kier molecular flexibility index (Phi) is 7.42. The number of carbonyl (C=O) groups excluding carboxylic acids is 4. The Hall–Kier alpha value is -4.41. The number of likely N-dealkylation sites (N-methyl/N-ethyl adjacent to an activating group) is 1. The van der Waals surface area contributed by atoms with E-state index < -0.39 is 35.7 Å². The van der Waals surface area contributed by atoms with Crippen LogP contribution in [-0.2, 0) is 20.9 Å². The Morgan fingerprint density at radius 1 is 1.08 bits per heavy atom. The molecule has 2 aromatic carbocycles. The molecule has 0 radical (unpaired) electrons. The van der Waals surface area contributed by atoms with Gasteiger partial charge >= 0.3 is 17.9 Å². The maximum Gasteiger partial charge on any atom is 0.501 e. The summed E-state index contributed by atoms with van der Waals surface area (Å²) in [6.45, 7) is 5.47. The van der Waals surface area contributed by atoms with Crippen LogP contribution in [0.5, 0.6) is 0 Å². The van der Waals surface area contributed by atoms with Crippen LogP contribution in [0.25, 0.3) is 0 Å². The number of carbonyl (C=O) groups is 4. The van der Waals surface area contributed by atoms with E-state index in [4.69, 9.17) is 4.74 Å². The lowest BCUT2D eigenvalue weighted by Gasteiger charge is -2.28. The summed E-state index contributed by atoms with van der Waals surface area (Å²) in [6, 6.07) is 10.2. The zero-order valence-electron chi connectivity index (χ0n) is 20.7. The van der Waals surface area contributed by atoms with Crippen molar-refractivity contribution in [3.8, 4) is 0 Å². The maximum absolute atomic E-state index is 13.5. The van der Waals surface area contributed by atoms with Crippen LogP contribution in [0.15, 0.2) is 53.6 Å². The number of hydrogen-bond donors (Lipinski definition) is 1. The molecule has 1 N–H and O–H groups in total. The second-order valence-corrected chi connectivity index (χ2v) is 8.49. The van der Waals surface area contributed by atoms with E-state index in [0.717, 1.165) is 4.90 Å². The van der Waals surface area contributed by atoms with Crippen molar-refractivity contribution < 1.29 is 32.9 Å². The fraction of sp³-hybridized carbons (Fsp3) is 0.308. The van der Waals surface area contributed by atoms with Crippen molar-refractivity contribution in [3.63, 3.8) is 0 Å². The number of benzene rings is 2. The quantitative estimate of drug-likeness (QED) is 0.434. The van der Waals surface area contributed by atoms with Crippen molar-refractivity contribution in [3.05, 3.63) is 65.5 Å². The molecule has 10 nitrogen and oxygen atoms in total. The van der Waals surface area contributed by atoms with Crippen LogP contribution >= 0.6 is 0 Å². The molecule has 2 aromatic rings. The predicted molar refractivity (Wildman–Crippen MR) is 133 cm³/mol. The van der Waals surface area contributed by atoms with Crippen LogP contribution in [0.4, 0.5) is 14.9 Å². The lowest BCUT2D eigenvalue weighted by atomic mass is 10.0. The molecule has 0 spiro atoms. The minimum absolute atomic E-state index is 0.0776. The Balaban J connectivity index is 1.58. The van der Waals surface area contributed by atoms with E-state index in [1.165, 1.54) is 41.0 Å². The average Bonchev–Trinajstić information content (AvgIpc) is 3.22. The summed E-state index contributed by atoms with van der Waals surface area (Å²) in [7, 11) is 0. The molecule has 0 saturated heterocycles. The van der Waals surface area contributed by atoms with E-state index >= 15 is 0 Å². The third-order valence-corrected chi connectivity index (χ3v) is 6.02. The fourth-order valence-electron chi connectivity index (χ4n) is 4.29. The third kappa shape index (κ3) is 5.25. The molecule has 0 fully saturated rings. The zero-order valence-corrected chi connectivity index (χ0v) is 20.7. The summed E-state index contributed by atoms with van der Waals surface area (Å²) in [4.78, 5) is 52.8. The van der Waals surface area contributed by atoms with Gasteiger partial charge in [-0.3, -0.25) is 9.80 Å². The highest BCUT2D eigenvalue weighted by atomic mass is 19.1. The number of amides is 4. The summed E-state index contributed by atoms with van der Waals surface area (Å²) in [6.07, 6.45) is 0. The monoisotopic (exact) mass is 508 g/mol. The predicted octanol–water partition coefficient (Wildman–Crippen LogP) is 2.64. The molecule has 37 heavy (non-hydrogen) atoms. The molecule has 0 aromatic heterocycles. The first kappa shape index (κ1) is 25.7. The molecule has 192 valence electrons. The van der Waals surface area contributed by atoms with E-state index in [0.29, 0.717) is 34.8 Å². The molecular formula is C26H27FN5O5+. The van der Waals surface area contributed by atoms with Gasteiger partial charge in [0.15, 0.2) is 12.3 Å². The highest BCUT2D eigenvalue weighted by Crippen LogP contribution is 2.23. The topological polar surface area (TPSA) is 111 Å². The first-order valence-corrected chi connectivity index (χ1v) is 11.9. The van der Waals surface area contributed by atoms with Crippen LogP contribution in [-0.4, -0.2) is 75.5 Å². The molecule has 1 atom stereocenters. The minimum Gasteiger partial charge on any atom is -0.462 e. The van der Waals surface area contributed by atoms with E-state index in [-0.39, 0.29) is 19.7 Å². The van der Waals surface area contributed by atoms with E-state index in [2.05, 4.69) is 10.4 Å². The standard InChI is InChI=1S/C26H26FN5O5/c1-4-32-23-22(16(3)29-32)30(26(36)31(24(23)34)14-17-6-10-19(27)11-7-17)15-21(33)28-20-12-8-18(9-13-20)25(35)37-5-2/h6-13,23H,4-5,14-15H2,1-3H3/p+1. The van der Waals surface area contributed by atoms with Crippen molar-refractivity contribution in [2.75, 3.05) is 25.0 Å². The smallest absolute Gasteiger partial charge is 0.462 e. The molecule has 0 saturated carbocycles. The summed E-state index contributed by atoms with van der Waals surface area (Å²) in [5, 5.41) is 8.71. The normalized spacial score (nSPS) is 17.1. The van der Waals surface area contributed by atoms with Gasteiger partial charge in [0.05, 0.1) is 12.2 Å². The first-order valence-electron chi connectivity index (χ1n) is 11.9. The number of ether oxygens (including phenoxy) is 1. The second-order valence-electron chi connectivity index (χ2n) is 8.49. The molecule has 11 heteroatoms. The molecule has 4 rings (SSSR count). The van der Waals surface area contributed by atoms with Gasteiger partial charge in [0.25, 0.3) is 5.91 Å². The van der Waals surface area contributed by atoms with Crippen LogP contribution < -0.4 is 5.32 Å². The van der Waals surface area contributed by atoms with Gasteiger partial charge in [-0.25, -0.2) is 14.0 Å². The van der Waals surface area contributed by atoms with Gasteiger partial charge in [0, 0.05) is 12.2 Å². The van der Waals surface area contributed by atoms with Gasteiger partial charge in [-0.2, -0.15) is 19.4 Å². The number of nitrogens with zero attached hydrogens (tertiary/aromatic N) is 4. The van der Waals surface area contributed by atoms with Crippen LogP contribution in [0, 0.1) is 5.82 Å². The largest absolute Gasteiger partial charge is 0.501 e. The van der Waals surface area contributed by atoms with Crippen LogP contribution in [0.2, 0.25) is 0 Å². The molecule has 2 aliphatic rings. The molecule has 0 aliphatic carbocycles. The molecular weight excluding hydrogens is 481 g/mol. The highest BCUT2D eigenvalue weighted by molar-refractivity contribution is 6.48. The number of hydrazone groups is 1. The summed E-state index contributed by atoms with van der Waals surface area (Å²) in [5.74, 6) is -1.86. The summed E-state index contributed by atoms with van der Waals surface area (Å²) >= 11 is 0. The van der Waals surface area contributed by atoms with Crippen molar-refractivity contribution in [2.24, 2.45) is 5.10 Å². The Labute approximate surface area is 213 Å². The van der Waals surface area contributed by atoms with Crippen molar-refractivity contribution >= 4 is 40.9 Å². The van der Waals surface area contributed by atoms with Gasteiger partial charge in [-0.15, -0.1) is 0 Å². The number of fused-ring (bicyclic) bond motifs is 1. The molecule has 4 amide bonds. The zero-order chi connectivity index (χ0) is 26.7. The lowest BCUT2D eigenvalue weighted by molar-refractivity contribution is -0.427. The number of anilines is 1. The van der Waals surface area contributed by atoms with Gasteiger partial charge in [0.1, 0.15) is 18.1 Å². The Morgan fingerprint density at radius 2 is 1.76 bits per heavy atom. The lowest BCUT2D eigenvalue weighted by Crippen LogP contribution is -2.61. The molecule has 2 aliphatic heterocycles. The van der Waals surface area contributed by atoms with Gasteiger partial charge < -0.3 is 10.1 Å². The van der Waals surface area contributed by atoms with Crippen molar-refractivity contribution in [1.82, 2.24) is 9.91 Å². The van der Waals surface area contributed by atoms with Gasteiger partial charge in [0.2, 0.25) is 6.04 Å². The molecule has 2 heterocycles. The van der Waals surface area contributed by atoms with Crippen LogP contribution in [0.3, 0.4) is 0 Å². The third-order valence-electron chi connectivity index (χ3n) is 6.02. The number of esters is 1. The number of urea groups is 1. The first-order chi connectivity index (χ1) is 17.7. The van der Waals surface area contributed by atoms with Crippen molar-refractivity contribution in [1.29, 1.82) is 0 Å². The number of halogens is 1. The highest BCUT2D eigenvalue weighted by Gasteiger charge is 2.54. The summed E-state index contributed by atoms with van der Waals surface area (Å²) in [5.41, 5.74) is 2.17. The Morgan fingerprint density at radius 3 is 2.38 bits per heavy atom. The average molecular weight is 509 g/mol. The van der Waals surface area contributed by atoms with Gasteiger partial charge in [-0.1, -0.05) is 12.1 Å². The van der Waals surface area contributed by atoms with Crippen molar-refractivity contribution in [2.45, 2.75) is 33.4 Å². The second kappa shape index (κ2) is 10.7. The van der Waals surface area contributed by atoms with E-state index in [1.807, 2.05) is 6.92 Å². The van der Waals surface area contributed by atoms with Gasteiger partial charge in [-0.05, 0) is 62.7 Å². The SMILES string of the molecule is CCOC(=O)c1ccc(NC(=O)C[N+]2=C3C(C)=NN(CC)C3C(=O)N(Cc3ccc(F)cc3)C2=O)cc1. The molecule has 1 unspecified atom stereocenters. The van der Waals surface area contributed by atoms with E-state index in [9.17, 15) is 23.6 Å².